The first kappa shape index (κ1) is 16.4. The first-order chi connectivity index (χ1) is 11.0. The lowest BCUT2D eigenvalue weighted by atomic mass is 10.2. The summed E-state index contributed by atoms with van der Waals surface area (Å²) in [5.74, 6) is -0.239. The molecule has 1 fully saturated rings. The van der Waals surface area contributed by atoms with Gasteiger partial charge in [-0.25, -0.2) is 4.99 Å². The predicted octanol–water partition coefficient (Wildman–Crippen LogP) is 5.54. The fourth-order valence-electron chi connectivity index (χ4n) is 1.91. The molecule has 0 atom stereocenters. The van der Waals surface area contributed by atoms with Gasteiger partial charge in [-0.05, 0) is 41.6 Å². The molecule has 23 heavy (non-hydrogen) atoms. The number of carbonyl (C=O) groups is 1. The van der Waals surface area contributed by atoms with Crippen LogP contribution in [0.3, 0.4) is 0 Å². The molecule has 2 aromatic carbocycles. The van der Waals surface area contributed by atoms with Crippen LogP contribution < -0.4 is 5.32 Å². The molecule has 1 heterocycles. The maximum Gasteiger partial charge on any atom is 0.264 e. The van der Waals surface area contributed by atoms with Crippen LogP contribution in [0.4, 0.5) is 5.69 Å². The van der Waals surface area contributed by atoms with E-state index < -0.39 is 0 Å². The SMILES string of the molecule is O=C1NC(=Nc2ccccc2Cl)SC1=Cc1cccc(Cl)c1Cl. The van der Waals surface area contributed by atoms with Crippen LogP contribution in [0.25, 0.3) is 6.08 Å². The summed E-state index contributed by atoms with van der Waals surface area (Å²) in [5.41, 5.74) is 1.27. The maximum absolute atomic E-state index is 12.1. The van der Waals surface area contributed by atoms with Crippen molar-refractivity contribution in [1.82, 2.24) is 5.32 Å². The number of nitrogens with zero attached hydrogens (tertiary/aromatic N) is 1. The number of nitrogens with one attached hydrogen (secondary N) is 1. The van der Waals surface area contributed by atoms with Crippen molar-refractivity contribution in [2.24, 2.45) is 4.99 Å². The zero-order valence-electron chi connectivity index (χ0n) is 11.5. The van der Waals surface area contributed by atoms with Crippen molar-refractivity contribution in [2.75, 3.05) is 0 Å². The Balaban J connectivity index is 1.90. The summed E-state index contributed by atoms with van der Waals surface area (Å²) in [4.78, 5) is 16.9. The van der Waals surface area contributed by atoms with Gasteiger partial charge in [-0.15, -0.1) is 0 Å². The second-order valence-electron chi connectivity index (χ2n) is 4.58. The topological polar surface area (TPSA) is 41.5 Å². The highest BCUT2D eigenvalue weighted by Gasteiger charge is 2.24. The summed E-state index contributed by atoms with van der Waals surface area (Å²) in [7, 11) is 0. The van der Waals surface area contributed by atoms with Crippen LogP contribution in [-0.2, 0) is 4.79 Å². The van der Waals surface area contributed by atoms with E-state index in [1.165, 1.54) is 11.8 Å². The van der Waals surface area contributed by atoms with Gasteiger partial charge >= 0.3 is 0 Å². The second-order valence-corrected chi connectivity index (χ2v) is 6.80. The van der Waals surface area contributed by atoms with Crippen molar-refractivity contribution in [3.63, 3.8) is 0 Å². The van der Waals surface area contributed by atoms with Crippen molar-refractivity contribution in [2.45, 2.75) is 0 Å². The van der Waals surface area contributed by atoms with Gasteiger partial charge in [-0.2, -0.15) is 0 Å². The van der Waals surface area contributed by atoms with Gasteiger partial charge in [0.25, 0.3) is 5.91 Å². The lowest BCUT2D eigenvalue weighted by Gasteiger charge is -2.00. The van der Waals surface area contributed by atoms with Crippen LogP contribution in [0.1, 0.15) is 5.56 Å². The monoisotopic (exact) mass is 382 g/mol. The summed E-state index contributed by atoms with van der Waals surface area (Å²) in [6.45, 7) is 0. The zero-order valence-corrected chi connectivity index (χ0v) is 14.6. The van der Waals surface area contributed by atoms with Crippen LogP contribution >= 0.6 is 46.6 Å². The molecular weight excluding hydrogens is 375 g/mol. The van der Waals surface area contributed by atoms with Gasteiger partial charge in [0.1, 0.15) is 0 Å². The van der Waals surface area contributed by atoms with Gasteiger partial charge in [0.15, 0.2) is 5.17 Å². The number of hydrogen-bond donors (Lipinski definition) is 1. The Labute approximate surface area is 152 Å². The van der Waals surface area contributed by atoms with Crippen LogP contribution in [0.5, 0.6) is 0 Å². The Morgan fingerprint density at radius 3 is 2.52 bits per heavy atom. The molecule has 1 aliphatic rings. The summed E-state index contributed by atoms with van der Waals surface area (Å²) in [6, 6.07) is 12.4. The molecule has 1 aliphatic heterocycles. The minimum Gasteiger partial charge on any atom is -0.300 e. The van der Waals surface area contributed by atoms with E-state index in [0.717, 1.165) is 0 Å². The smallest absolute Gasteiger partial charge is 0.264 e. The average molecular weight is 384 g/mol. The van der Waals surface area contributed by atoms with Gasteiger partial charge in [-0.3, -0.25) is 4.79 Å². The van der Waals surface area contributed by atoms with E-state index in [9.17, 15) is 4.79 Å². The molecule has 0 radical (unpaired) electrons. The van der Waals surface area contributed by atoms with Gasteiger partial charge in [0.05, 0.1) is 25.7 Å². The fraction of sp³-hybridized carbons (Fsp3) is 0. The number of para-hydroxylation sites is 1. The fourth-order valence-corrected chi connectivity index (χ4v) is 3.27. The molecule has 116 valence electrons. The molecule has 7 heteroatoms. The maximum atomic E-state index is 12.1. The van der Waals surface area contributed by atoms with E-state index >= 15 is 0 Å². The minimum atomic E-state index is -0.239. The molecule has 3 rings (SSSR count). The summed E-state index contributed by atoms with van der Waals surface area (Å²) in [5, 5.41) is 4.54. The van der Waals surface area contributed by atoms with Crippen LogP contribution in [-0.4, -0.2) is 11.1 Å². The van der Waals surface area contributed by atoms with Crippen molar-refractivity contribution in [3.8, 4) is 0 Å². The van der Waals surface area contributed by atoms with E-state index in [0.29, 0.717) is 36.4 Å². The highest BCUT2D eigenvalue weighted by atomic mass is 35.5. The Morgan fingerprint density at radius 1 is 1.00 bits per heavy atom. The number of amidine groups is 1. The number of aliphatic imine (C=N–C) groups is 1. The molecule has 2 aromatic rings. The van der Waals surface area contributed by atoms with E-state index in [1.54, 1.807) is 36.4 Å². The van der Waals surface area contributed by atoms with Gasteiger partial charge in [0.2, 0.25) is 0 Å². The molecule has 3 nitrogen and oxygen atoms in total. The summed E-state index contributed by atoms with van der Waals surface area (Å²) in [6.07, 6.45) is 1.68. The van der Waals surface area contributed by atoms with Crippen molar-refractivity contribution < 1.29 is 4.79 Å². The van der Waals surface area contributed by atoms with Gasteiger partial charge in [0, 0.05) is 0 Å². The molecule has 1 N–H and O–H groups in total. The number of rotatable bonds is 2. The Morgan fingerprint density at radius 2 is 1.74 bits per heavy atom. The van der Waals surface area contributed by atoms with Crippen molar-refractivity contribution in [1.29, 1.82) is 0 Å². The van der Waals surface area contributed by atoms with E-state index in [4.69, 9.17) is 34.8 Å². The number of hydrogen-bond acceptors (Lipinski definition) is 3. The number of halogens is 3. The third kappa shape index (κ3) is 3.72. The average Bonchev–Trinajstić information content (AvgIpc) is 2.86. The molecule has 1 amide bonds. The van der Waals surface area contributed by atoms with Crippen LogP contribution in [0.15, 0.2) is 52.4 Å². The largest absolute Gasteiger partial charge is 0.300 e. The molecule has 1 saturated heterocycles. The van der Waals surface area contributed by atoms with Gasteiger partial charge in [-0.1, -0.05) is 59.1 Å². The normalized spacial score (nSPS) is 17.8. The molecule has 0 aliphatic carbocycles. The third-order valence-corrected chi connectivity index (χ3v) is 5.06. The highest BCUT2D eigenvalue weighted by molar-refractivity contribution is 8.18. The number of amides is 1. The molecular formula is C16H9Cl3N2OS. The first-order valence-corrected chi connectivity index (χ1v) is 8.48. The number of benzene rings is 2. The standard InChI is InChI=1S/C16H9Cl3N2OS/c17-10-5-1-2-7-12(10)20-16-21-15(22)13(23-16)8-9-4-3-6-11(18)14(9)19/h1-8H,(H,20,21,22). The quantitative estimate of drug-likeness (QED) is 0.692. The van der Waals surface area contributed by atoms with Crippen molar-refractivity contribution >= 4 is 69.4 Å². The Kier molecular flexibility index (Phi) is 4.97. The van der Waals surface area contributed by atoms with E-state index in [2.05, 4.69) is 10.3 Å². The second kappa shape index (κ2) is 6.97. The molecule has 0 bridgehead atoms. The number of carbonyl (C=O) groups excluding carboxylic acids is 1. The minimum absolute atomic E-state index is 0.239. The zero-order chi connectivity index (χ0) is 16.4. The van der Waals surface area contributed by atoms with Crippen LogP contribution in [0.2, 0.25) is 15.1 Å². The number of thioether (sulfide) groups is 1. The van der Waals surface area contributed by atoms with Gasteiger partial charge < -0.3 is 5.32 Å². The van der Waals surface area contributed by atoms with Crippen LogP contribution in [0, 0.1) is 0 Å². The first-order valence-electron chi connectivity index (χ1n) is 6.53. The lowest BCUT2D eigenvalue weighted by Crippen LogP contribution is -2.19. The third-order valence-electron chi connectivity index (χ3n) is 2.99. The molecule has 0 unspecified atom stereocenters. The summed E-state index contributed by atoms with van der Waals surface area (Å²) < 4.78 is 0. The predicted molar refractivity (Wildman–Crippen MR) is 98.7 cm³/mol. The van der Waals surface area contributed by atoms with E-state index in [-0.39, 0.29) is 5.91 Å². The summed E-state index contributed by atoms with van der Waals surface area (Å²) >= 11 is 19.4. The molecule has 0 spiro atoms. The molecule has 0 aromatic heterocycles. The van der Waals surface area contributed by atoms with E-state index in [1.807, 2.05) is 12.1 Å². The Hall–Kier alpha value is -1.46. The Bertz CT molecular complexity index is 849. The highest BCUT2D eigenvalue weighted by Crippen LogP contribution is 2.33. The lowest BCUT2D eigenvalue weighted by molar-refractivity contribution is -0.115. The van der Waals surface area contributed by atoms with Crippen molar-refractivity contribution in [3.05, 3.63) is 68.0 Å². The molecule has 0 saturated carbocycles.